The van der Waals surface area contributed by atoms with Crippen molar-refractivity contribution >= 4 is 11.8 Å². The molecule has 2 amide bonds. The van der Waals surface area contributed by atoms with E-state index in [1.165, 1.54) is 0 Å². The van der Waals surface area contributed by atoms with Crippen LogP contribution in [-0.4, -0.2) is 54.6 Å². The molecule has 0 aromatic carbocycles. The number of ether oxygens (including phenoxy) is 1. The lowest BCUT2D eigenvalue weighted by molar-refractivity contribution is -0.150. The molecule has 3 N–H and O–H groups in total. The van der Waals surface area contributed by atoms with Crippen molar-refractivity contribution in [1.82, 2.24) is 10.2 Å². The zero-order chi connectivity index (χ0) is 12.5. The van der Waals surface area contributed by atoms with Crippen molar-refractivity contribution in [2.75, 3.05) is 26.3 Å². The third-order valence-electron chi connectivity index (χ3n) is 3.26. The molecular formula is C11H19N3O3. The monoisotopic (exact) mass is 241 g/mol. The maximum Gasteiger partial charge on any atom is 0.245 e. The molecule has 1 saturated carbocycles. The predicted octanol–water partition coefficient (Wildman–Crippen LogP) is -1.16. The van der Waals surface area contributed by atoms with Gasteiger partial charge in [0.1, 0.15) is 6.04 Å². The normalized spacial score (nSPS) is 26.5. The molecule has 1 heterocycles. The van der Waals surface area contributed by atoms with Crippen molar-refractivity contribution < 1.29 is 14.3 Å². The van der Waals surface area contributed by atoms with Crippen LogP contribution in [0.3, 0.4) is 0 Å². The highest BCUT2D eigenvalue weighted by atomic mass is 16.5. The molecule has 2 aliphatic rings. The van der Waals surface area contributed by atoms with Gasteiger partial charge in [-0.15, -0.1) is 0 Å². The molecular weight excluding hydrogens is 222 g/mol. The Labute approximate surface area is 100 Å². The number of hydrogen-bond acceptors (Lipinski definition) is 4. The molecule has 6 heteroatoms. The van der Waals surface area contributed by atoms with Crippen molar-refractivity contribution in [2.45, 2.75) is 31.3 Å². The number of amides is 2. The molecule has 2 rings (SSSR count). The third kappa shape index (κ3) is 2.42. The number of carbonyl (C=O) groups is 2. The van der Waals surface area contributed by atoms with Crippen molar-refractivity contribution in [3.05, 3.63) is 0 Å². The van der Waals surface area contributed by atoms with Crippen LogP contribution in [0, 0.1) is 0 Å². The fourth-order valence-electron chi connectivity index (χ4n) is 1.99. The summed E-state index contributed by atoms with van der Waals surface area (Å²) in [4.78, 5) is 25.6. The van der Waals surface area contributed by atoms with Crippen molar-refractivity contribution in [3.63, 3.8) is 0 Å². The number of nitrogens with zero attached hydrogens (tertiary/aromatic N) is 1. The summed E-state index contributed by atoms with van der Waals surface area (Å²) in [5.74, 6) is -0.276. The largest absolute Gasteiger partial charge is 0.377 e. The van der Waals surface area contributed by atoms with E-state index in [-0.39, 0.29) is 18.4 Å². The first-order valence-electron chi connectivity index (χ1n) is 6.04. The van der Waals surface area contributed by atoms with E-state index in [0.29, 0.717) is 32.5 Å². The molecule has 1 aliphatic carbocycles. The number of morpholine rings is 1. The van der Waals surface area contributed by atoms with Gasteiger partial charge in [0.15, 0.2) is 0 Å². The van der Waals surface area contributed by atoms with Crippen molar-refractivity contribution in [2.24, 2.45) is 5.73 Å². The Bertz CT molecular complexity index is 328. The van der Waals surface area contributed by atoms with Gasteiger partial charge in [0.05, 0.1) is 18.8 Å². The average Bonchev–Trinajstić information content (AvgIpc) is 3.08. The molecule has 0 spiro atoms. The fourth-order valence-corrected chi connectivity index (χ4v) is 1.99. The Morgan fingerprint density at radius 3 is 2.82 bits per heavy atom. The van der Waals surface area contributed by atoms with E-state index in [1.807, 2.05) is 6.92 Å². The highest BCUT2D eigenvalue weighted by Crippen LogP contribution is 2.35. The van der Waals surface area contributed by atoms with E-state index in [2.05, 4.69) is 5.32 Å². The van der Waals surface area contributed by atoms with Gasteiger partial charge in [0.25, 0.3) is 0 Å². The van der Waals surface area contributed by atoms with Crippen LogP contribution >= 0.6 is 0 Å². The minimum absolute atomic E-state index is 0.114. The van der Waals surface area contributed by atoms with Crippen molar-refractivity contribution in [3.8, 4) is 0 Å². The highest BCUT2D eigenvalue weighted by Gasteiger charge is 2.50. The van der Waals surface area contributed by atoms with Gasteiger partial charge in [-0.1, -0.05) is 0 Å². The molecule has 1 unspecified atom stereocenters. The Morgan fingerprint density at radius 2 is 2.24 bits per heavy atom. The number of nitrogens with one attached hydrogen (secondary N) is 1. The standard InChI is InChI=1S/C11H19N3O3/c1-2-13-9(15)8-7-17-6-5-14(8)10(16)11(12)3-4-11/h8H,2-7,12H2,1H3,(H,13,15). The van der Waals surface area contributed by atoms with Crippen LogP contribution < -0.4 is 11.1 Å². The summed E-state index contributed by atoms with van der Waals surface area (Å²) in [5.41, 5.74) is 5.17. The first-order valence-corrected chi connectivity index (χ1v) is 6.04. The van der Waals surface area contributed by atoms with Gasteiger partial charge < -0.3 is 20.7 Å². The summed E-state index contributed by atoms with van der Waals surface area (Å²) in [6.07, 6.45) is 1.43. The van der Waals surface area contributed by atoms with Gasteiger partial charge in [-0.25, -0.2) is 0 Å². The smallest absolute Gasteiger partial charge is 0.245 e. The van der Waals surface area contributed by atoms with E-state index in [1.54, 1.807) is 4.90 Å². The fraction of sp³-hybridized carbons (Fsp3) is 0.818. The van der Waals surface area contributed by atoms with E-state index in [4.69, 9.17) is 10.5 Å². The van der Waals surface area contributed by atoms with Crippen LogP contribution in [0.15, 0.2) is 0 Å². The van der Waals surface area contributed by atoms with E-state index < -0.39 is 11.6 Å². The summed E-state index contributed by atoms with van der Waals surface area (Å²) in [5, 5.41) is 2.72. The van der Waals surface area contributed by atoms with Gasteiger partial charge in [0, 0.05) is 13.1 Å². The number of rotatable bonds is 3. The number of carbonyl (C=O) groups excluding carboxylic acids is 2. The topological polar surface area (TPSA) is 84.7 Å². The predicted molar refractivity (Wildman–Crippen MR) is 61.2 cm³/mol. The lowest BCUT2D eigenvalue weighted by Gasteiger charge is -2.36. The molecule has 0 aromatic rings. The Balaban J connectivity index is 2.06. The molecule has 17 heavy (non-hydrogen) atoms. The summed E-state index contributed by atoms with van der Waals surface area (Å²) < 4.78 is 5.27. The van der Waals surface area contributed by atoms with Crippen LogP contribution in [0.2, 0.25) is 0 Å². The van der Waals surface area contributed by atoms with Crippen LogP contribution in [-0.2, 0) is 14.3 Å². The van der Waals surface area contributed by atoms with Gasteiger partial charge in [0.2, 0.25) is 11.8 Å². The third-order valence-corrected chi connectivity index (χ3v) is 3.26. The zero-order valence-corrected chi connectivity index (χ0v) is 10.1. The molecule has 2 fully saturated rings. The van der Waals surface area contributed by atoms with Gasteiger partial charge >= 0.3 is 0 Å². The summed E-state index contributed by atoms with van der Waals surface area (Å²) >= 11 is 0. The first kappa shape index (κ1) is 12.3. The minimum atomic E-state index is -0.720. The molecule has 1 atom stereocenters. The maximum atomic E-state index is 12.2. The average molecular weight is 241 g/mol. The van der Waals surface area contributed by atoms with Crippen LogP contribution in [0.25, 0.3) is 0 Å². The Hall–Kier alpha value is -1.14. The number of hydrogen-bond donors (Lipinski definition) is 2. The van der Waals surface area contributed by atoms with Gasteiger partial charge in [-0.2, -0.15) is 0 Å². The van der Waals surface area contributed by atoms with Crippen molar-refractivity contribution in [1.29, 1.82) is 0 Å². The number of likely N-dealkylation sites (N-methyl/N-ethyl adjacent to an activating group) is 1. The van der Waals surface area contributed by atoms with Gasteiger partial charge in [-0.3, -0.25) is 9.59 Å². The molecule has 0 radical (unpaired) electrons. The van der Waals surface area contributed by atoms with Crippen LogP contribution in [0.4, 0.5) is 0 Å². The van der Waals surface area contributed by atoms with E-state index in [9.17, 15) is 9.59 Å². The molecule has 96 valence electrons. The van der Waals surface area contributed by atoms with Gasteiger partial charge in [-0.05, 0) is 19.8 Å². The molecule has 1 saturated heterocycles. The zero-order valence-electron chi connectivity index (χ0n) is 10.1. The summed E-state index contributed by atoms with van der Waals surface area (Å²) in [6.45, 7) is 3.56. The van der Waals surface area contributed by atoms with E-state index >= 15 is 0 Å². The quantitative estimate of drug-likeness (QED) is 0.653. The van der Waals surface area contributed by atoms with Crippen LogP contribution in [0.5, 0.6) is 0 Å². The molecule has 0 bridgehead atoms. The van der Waals surface area contributed by atoms with E-state index in [0.717, 1.165) is 0 Å². The lowest BCUT2D eigenvalue weighted by Crippen LogP contribution is -2.59. The summed E-state index contributed by atoms with van der Waals surface area (Å²) in [6, 6.07) is -0.530. The molecule has 0 aromatic heterocycles. The molecule has 6 nitrogen and oxygen atoms in total. The Morgan fingerprint density at radius 1 is 1.53 bits per heavy atom. The van der Waals surface area contributed by atoms with Crippen LogP contribution in [0.1, 0.15) is 19.8 Å². The SMILES string of the molecule is CCNC(=O)C1COCCN1C(=O)C1(N)CC1. The minimum Gasteiger partial charge on any atom is -0.377 e. The molecule has 1 aliphatic heterocycles. The highest BCUT2D eigenvalue weighted by molar-refractivity contribution is 5.94. The second kappa shape index (κ2) is 4.62. The Kier molecular flexibility index (Phi) is 3.35. The number of nitrogens with two attached hydrogens (primary N) is 1. The lowest BCUT2D eigenvalue weighted by atomic mass is 10.1. The summed E-state index contributed by atoms with van der Waals surface area (Å²) in [7, 11) is 0. The first-order chi connectivity index (χ1) is 8.08. The second-order valence-corrected chi connectivity index (χ2v) is 4.64. The maximum absolute atomic E-state index is 12.2. The second-order valence-electron chi connectivity index (χ2n) is 4.64.